The number of hydrogen-bond donors (Lipinski definition) is 0. The van der Waals surface area contributed by atoms with E-state index in [0.29, 0.717) is 17.2 Å². The van der Waals surface area contributed by atoms with Crippen LogP contribution in [0.2, 0.25) is 5.02 Å². The van der Waals surface area contributed by atoms with Gasteiger partial charge in [-0.3, -0.25) is 9.59 Å². The minimum absolute atomic E-state index is 0.142. The molecule has 1 saturated heterocycles. The molecule has 0 bridgehead atoms. The highest BCUT2D eigenvalue weighted by molar-refractivity contribution is 7.99. The monoisotopic (exact) mass is 375 g/mol. The van der Waals surface area contributed by atoms with E-state index >= 15 is 0 Å². The van der Waals surface area contributed by atoms with Crippen LogP contribution in [-0.2, 0) is 15.3 Å². The zero-order valence-electron chi connectivity index (χ0n) is 13.6. The standard InChI is InChI=1S/C19H18ClNO3S/c20-15-5-3-14(4-6-15)12-25-13-19(23)24-17-9-7-16(8-10-17)21-11-1-2-18(21)22/h3-10H,1-2,11-13H2. The molecule has 0 atom stereocenters. The van der Waals surface area contributed by atoms with Crippen LogP contribution in [0.1, 0.15) is 18.4 Å². The molecule has 1 fully saturated rings. The molecular formula is C19H18ClNO3S. The van der Waals surface area contributed by atoms with Gasteiger partial charge in [-0.05, 0) is 48.4 Å². The summed E-state index contributed by atoms with van der Waals surface area (Å²) in [4.78, 5) is 25.4. The van der Waals surface area contributed by atoms with E-state index in [1.165, 1.54) is 11.8 Å². The first-order chi connectivity index (χ1) is 12.1. The minimum atomic E-state index is -0.288. The maximum absolute atomic E-state index is 11.9. The van der Waals surface area contributed by atoms with Gasteiger partial charge in [0.15, 0.2) is 0 Å². The first-order valence-electron chi connectivity index (χ1n) is 8.05. The lowest BCUT2D eigenvalue weighted by Gasteiger charge is -2.15. The van der Waals surface area contributed by atoms with Gasteiger partial charge in [0, 0.05) is 29.4 Å². The molecule has 4 nitrogen and oxygen atoms in total. The summed E-state index contributed by atoms with van der Waals surface area (Å²) in [6.07, 6.45) is 1.49. The predicted octanol–water partition coefficient (Wildman–Crippen LogP) is 4.31. The summed E-state index contributed by atoms with van der Waals surface area (Å²) in [6, 6.07) is 14.6. The van der Waals surface area contributed by atoms with Crippen molar-refractivity contribution in [1.82, 2.24) is 0 Å². The molecule has 3 rings (SSSR count). The summed E-state index contributed by atoms with van der Waals surface area (Å²) in [5.74, 6) is 1.34. The number of carbonyl (C=O) groups excluding carboxylic acids is 2. The zero-order chi connectivity index (χ0) is 17.6. The van der Waals surface area contributed by atoms with Gasteiger partial charge in [-0.25, -0.2) is 0 Å². The quantitative estimate of drug-likeness (QED) is 0.557. The molecule has 0 unspecified atom stereocenters. The van der Waals surface area contributed by atoms with E-state index in [4.69, 9.17) is 16.3 Å². The van der Waals surface area contributed by atoms with Crippen LogP contribution in [0.3, 0.4) is 0 Å². The number of rotatable bonds is 6. The van der Waals surface area contributed by atoms with Crippen molar-refractivity contribution in [2.24, 2.45) is 0 Å². The first-order valence-corrected chi connectivity index (χ1v) is 9.58. The van der Waals surface area contributed by atoms with Crippen molar-refractivity contribution in [1.29, 1.82) is 0 Å². The predicted molar refractivity (Wildman–Crippen MR) is 101 cm³/mol. The van der Waals surface area contributed by atoms with E-state index in [2.05, 4.69) is 0 Å². The molecule has 0 spiro atoms. The van der Waals surface area contributed by atoms with E-state index in [9.17, 15) is 9.59 Å². The average Bonchev–Trinajstić information content (AvgIpc) is 3.03. The van der Waals surface area contributed by atoms with Gasteiger partial charge in [0.1, 0.15) is 5.75 Å². The van der Waals surface area contributed by atoms with Gasteiger partial charge in [0.2, 0.25) is 5.91 Å². The Morgan fingerprint density at radius 3 is 2.48 bits per heavy atom. The van der Waals surface area contributed by atoms with E-state index in [-0.39, 0.29) is 17.6 Å². The lowest BCUT2D eigenvalue weighted by molar-refractivity contribution is -0.131. The fourth-order valence-corrected chi connectivity index (χ4v) is 3.49. The Balaban J connectivity index is 1.46. The molecule has 0 N–H and O–H groups in total. The first kappa shape index (κ1) is 17.8. The SMILES string of the molecule is O=C(CSCc1ccc(Cl)cc1)Oc1ccc(N2CCCC2=O)cc1. The van der Waals surface area contributed by atoms with Crippen LogP contribution in [0.15, 0.2) is 48.5 Å². The molecule has 1 heterocycles. The molecular weight excluding hydrogens is 358 g/mol. The zero-order valence-corrected chi connectivity index (χ0v) is 15.2. The van der Waals surface area contributed by atoms with Crippen molar-refractivity contribution in [2.75, 3.05) is 17.2 Å². The summed E-state index contributed by atoms with van der Waals surface area (Å²) in [5.41, 5.74) is 1.96. The smallest absolute Gasteiger partial charge is 0.321 e. The Morgan fingerprint density at radius 2 is 1.84 bits per heavy atom. The largest absolute Gasteiger partial charge is 0.426 e. The van der Waals surface area contributed by atoms with Crippen LogP contribution >= 0.6 is 23.4 Å². The van der Waals surface area contributed by atoms with E-state index in [1.54, 1.807) is 17.0 Å². The molecule has 0 radical (unpaired) electrons. The third-order valence-corrected chi connectivity index (χ3v) is 5.08. The number of hydrogen-bond acceptors (Lipinski definition) is 4. The van der Waals surface area contributed by atoms with Gasteiger partial charge in [0.05, 0.1) is 5.75 Å². The van der Waals surface area contributed by atoms with Crippen molar-refractivity contribution in [2.45, 2.75) is 18.6 Å². The van der Waals surface area contributed by atoms with E-state index in [0.717, 1.165) is 30.0 Å². The summed E-state index contributed by atoms with van der Waals surface area (Å²) in [7, 11) is 0. The molecule has 1 aliphatic heterocycles. The number of thioether (sulfide) groups is 1. The third kappa shape index (κ3) is 5.00. The highest BCUT2D eigenvalue weighted by Crippen LogP contribution is 2.24. The van der Waals surface area contributed by atoms with Crippen molar-refractivity contribution in [3.8, 4) is 5.75 Å². The molecule has 0 aliphatic carbocycles. The molecule has 0 aromatic heterocycles. The number of halogens is 1. The molecule has 0 saturated carbocycles. The topological polar surface area (TPSA) is 46.6 Å². The molecule has 6 heteroatoms. The normalized spacial score (nSPS) is 14.0. The van der Waals surface area contributed by atoms with Crippen molar-refractivity contribution in [3.63, 3.8) is 0 Å². The number of nitrogens with zero attached hydrogens (tertiary/aromatic N) is 1. The van der Waals surface area contributed by atoms with E-state index < -0.39 is 0 Å². The summed E-state index contributed by atoms with van der Waals surface area (Å²) >= 11 is 7.34. The van der Waals surface area contributed by atoms with Gasteiger partial charge in [-0.15, -0.1) is 11.8 Å². The fourth-order valence-electron chi connectivity index (χ4n) is 2.61. The van der Waals surface area contributed by atoms with Gasteiger partial charge in [-0.2, -0.15) is 0 Å². The Morgan fingerprint density at radius 1 is 1.12 bits per heavy atom. The fraction of sp³-hybridized carbons (Fsp3) is 0.263. The second-order valence-corrected chi connectivity index (χ2v) is 7.16. The van der Waals surface area contributed by atoms with Gasteiger partial charge in [0.25, 0.3) is 0 Å². The Labute approximate surface area is 156 Å². The number of amides is 1. The van der Waals surface area contributed by atoms with E-state index in [1.807, 2.05) is 36.4 Å². The number of ether oxygens (including phenoxy) is 1. The van der Waals surface area contributed by atoms with Gasteiger partial charge in [-0.1, -0.05) is 23.7 Å². The van der Waals surface area contributed by atoms with Crippen LogP contribution in [0.25, 0.3) is 0 Å². The second kappa shape index (κ2) is 8.41. The van der Waals surface area contributed by atoms with Crippen molar-refractivity contribution in [3.05, 3.63) is 59.1 Å². The Hall–Kier alpha value is -1.98. The lowest BCUT2D eigenvalue weighted by atomic mass is 10.2. The summed E-state index contributed by atoms with van der Waals surface area (Å²) < 4.78 is 5.33. The molecule has 2 aromatic rings. The lowest BCUT2D eigenvalue weighted by Crippen LogP contribution is -2.23. The van der Waals surface area contributed by atoms with Crippen LogP contribution in [-0.4, -0.2) is 24.2 Å². The van der Waals surface area contributed by atoms with Crippen molar-refractivity contribution < 1.29 is 14.3 Å². The third-order valence-electron chi connectivity index (χ3n) is 3.86. The van der Waals surface area contributed by atoms with Crippen LogP contribution in [0.4, 0.5) is 5.69 Å². The van der Waals surface area contributed by atoms with Gasteiger partial charge >= 0.3 is 5.97 Å². The number of anilines is 1. The number of carbonyl (C=O) groups is 2. The molecule has 130 valence electrons. The average molecular weight is 376 g/mol. The molecule has 1 amide bonds. The van der Waals surface area contributed by atoms with Crippen LogP contribution in [0.5, 0.6) is 5.75 Å². The number of benzene rings is 2. The highest BCUT2D eigenvalue weighted by atomic mass is 35.5. The Bertz CT molecular complexity index is 746. The highest BCUT2D eigenvalue weighted by Gasteiger charge is 2.21. The van der Waals surface area contributed by atoms with Crippen LogP contribution in [0, 0.1) is 0 Å². The van der Waals surface area contributed by atoms with Gasteiger partial charge < -0.3 is 9.64 Å². The Kier molecular flexibility index (Phi) is 6.00. The summed E-state index contributed by atoms with van der Waals surface area (Å²) in [5, 5.41) is 0.701. The summed E-state index contributed by atoms with van der Waals surface area (Å²) in [6.45, 7) is 0.749. The minimum Gasteiger partial charge on any atom is -0.426 e. The maximum atomic E-state index is 11.9. The number of esters is 1. The van der Waals surface area contributed by atoms with Crippen molar-refractivity contribution >= 4 is 40.9 Å². The molecule has 2 aromatic carbocycles. The van der Waals surface area contributed by atoms with Crippen LogP contribution < -0.4 is 9.64 Å². The second-order valence-electron chi connectivity index (χ2n) is 5.74. The maximum Gasteiger partial charge on any atom is 0.321 e. The molecule has 1 aliphatic rings. The molecule has 25 heavy (non-hydrogen) atoms.